The summed E-state index contributed by atoms with van der Waals surface area (Å²) in [6, 6.07) is 13.3. The van der Waals surface area contributed by atoms with E-state index in [0.29, 0.717) is 5.56 Å². The lowest BCUT2D eigenvalue weighted by molar-refractivity contribution is 0.159. The quantitative estimate of drug-likeness (QED) is 0.389. The van der Waals surface area contributed by atoms with Gasteiger partial charge in [-0.05, 0) is 41.7 Å². The van der Waals surface area contributed by atoms with E-state index in [1.165, 1.54) is 24.3 Å². The standard InChI is InChI=1S/C25H22F4O/c1-3-5-14-6-8-15(9-7-14)16-10-11-17-18-12-13-19(30-4-2)23(27)21(18)25(29)24(28)20(17)22(16)26/h6-13,24-25H,3-5H2,1-2H3. The molecule has 0 N–H and O–H groups in total. The van der Waals surface area contributed by atoms with Crippen molar-refractivity contribution in [1.82, 2.24) is 0 Å². The van der Waals surface area contributed by atoms with E-state index in [1.54, 1.807) is 19.1 Å². The minimum atomic E-state index is -2.32. The molecule has 1 nitrogen and oxygen atoms in total. The Balaban J connectivity index is 1.84. The first-order valence-corrected chi connectivity index (χ1v) is 10.1. The van der Waals surface area contributed by atoms with Crippen LogP contribution in [0.2, 0.25) is 0 Å². The summed E-state index contributed by atoms with van der Waals surface area (Å²) in [6.07, 6.45) is -2.72. The van der Waals surface area contributed by atoms with E-state index < -0.39 is 29.5 Å². The van der Waals surface area contributed by atoms with Crippen molar-refractivity contribution < 1.29 is 22.3 Å². The van der Waals surface area contributed by atoms with Gasteiger partial charge in [-0.1, -0.05) is 55.8 Å². The molecule has 3 aromatic carbocycles. The number of alkyl halides is 2. The summed E-state index contributed by atoms with van der Waals surface area (Å²) in [6.45, 7) is 3.94. The lowest BCUT2D eigenvalue weighted by Gasteiger charge is -2.28. The minimum Gasteiger partial charge on any atom is -0.491 e. The van der Waals surface area contributed by atoms with Gasteiger partial charge in [0.15, 0.2) is 23.9 Å². The molecule has 0 fully saturated rings. The molecule has 156 valence electrons. The number of aryl methyl sites for hydroxylation is 1. The molecule has 5 heteroatoms. The van der Waals surface area contributed by atoms with Crippen LogP contribution in [0.15, 0.2) is 48.5 Å². The van der Waals surface area contributed by atoms with Crippen LogP contribution in [0.4, 0.5) is 17.6 Å². The van der Waals surface area contributed by atoms with E-state index in [9.17, 15) is 8.78 Å². The van der Waals surface area contributed by atoms with Gasteiger partial charge in [0, 0.05) is 16.7 Å². The lowest BCUT2D eigenvalue weighted by Crippen LogP contribution is -2.16. The molecule has 2 atom stereocenters. The molecule has 0 saturated carbocycles. The van der Waals surface area contributed by atoms with E-state index in [4.69, 9.17) is 4.74 Å². The molecule has 0 aliphatic heterocycles. The molecular weight excluding hydrogens is 392 g/mol. The fourth-order valence-electron chi connectivity index (χ4n) is 4.10. The molecule has 0 saturated heterocycles. The molecule has 0 aromatic heterocycles. The molecule has 0 bridgehead atoms. The maximum absolute atomic E-state index is 15.4. The van der Waals surface area contributed by atoms with Gasteiger partial charge in [0.1, 0.15) is 5.82 Å². The monoisotopic (exact) mass is 414 g/mol. The molecule has 4 rings (SSSR count). The lowest BCUT2D eigenvalue weighted by atomic mass is 9.81. The highest BCUT2D eigenvalue weighted by Gasteiger charge is 2.40. The zero-order chi connectivity index (χ0) is 21.4. The molecule has 2 unspecified atom stereocenters. The van der Waals surface area contributed by atoms with Gasteiger partial charge in [0.05, 0.1) is 6.61 Å². The van der Waals surface area contributed by atoms with Gasteiger partial charge in [-0.2, -0.15) is 0 Å². The van der Waals surface area contributed by atoms with Gasteiger partial charge < -0.3 is 4.74 Å². The van der Waals surface area contributed by atoms with Gasteiger partial charge in [-0.25, -0.2) is 17.6 Å². The molecule has 0 heterocycles. The smallest absolute Gasteiger partial charge is 0.171 e. The topological polar surface area (TPSA) is 9.23 Å². The Hall–Kier alpha value is -2.82. The van der Waals surface area contributed by atoms with Crippen molar-refractivity contribution in [3.8, 4) is 28.0 Å². The van der Waals surface area contributed by atoms with Crippen LogP contribution in [-0.4, -0.2) is 6.61 Å². The first-order valence-electron chi connectivity index (χ1n) is 10.1. The van der Waals surface area contributed by atoms with Crippen molar-refractivity contribution in [3.63, 3.8) is 0 Å². The SMILES string of the molecule is CCCc1ccc(-c2ccc3c(c2F)C(F)C(F)c2c-3ccc(OCC)c2F)cc1. The zero-order valence-corrected chi connectivity index (χ0v) is 16.8. The highest BCUT2D eigenvalue weighted by Crippen LogP contribution is 2.52. The maximum Gasteiger partial charge on any atom is 0.171 e. The van der Waals surface area contributed by atoms with Crippen molar-refractivity contribution >= 4 is 0 Å². The molecule has 1 aliphatic carbocycles. The number of benzene rings is 3. The van der Waals surface area contributed by atoms with E-state index in [-0.39, 0.29) is 34.6 Å². The number of halogens is 4. The van der Waals surface area contributed by atoms with Gasteiger partial charge in [0.2, 0.25) is 0 Å². The average molecular weight is 414 g/mol. The Kier molecular flexibility index (Phi) is 5.54. The molecule has 0 radical (unpaired) electrons. The summed E-state index contributed by atoms with van der Waals surface area (Å²) in [4.78, 5) is 0. The van der Waals surface area contributed by atoms with Gasteiger partial charge >= 0.3 is 0 Å². The van der Waals surface area contributed by atoms with E-state index in [1.807, 2.05) is 12.1 Å². The number of hydrogen-bond donors (Lipinski definition) is 0. The highest BCUT2D eigenvalue weighted by molar-refractivity contribution is 5.79. The maximum atomic E-state index is 15.4. The van der Waals surface area contributed by atoms with E-state index >= 15 is 8.78 Å². The van der Waals surface area contributed by atoms with Crippen LogP contribution in [0.25, 0.3) is 22.3 Å². The number of ether oxygens (including phenoxy) is 1. The van der Waals surface area contributed by atoms with Gasteiger partial charge in [-0.3, -0.25) is 0 Å². The van der Waals surface area contributed by atoms with Crippen molar-refractivity contribution in [2.45, 2.75) is 39.0 Å². The second-order valence-corrected chi connectivity index (χ2v) is 7.41. The molecular formula is C25H22F4O. The Morgan fingerprint density at radius 3 is 1.90 bits per heavy atom. The fraction of sp³-hybridized carbons (Fsp3) is 0.280. The van der Waals surface area contributed by atoms with Gasteiger partial charge in [0.25, 0.3) is 0 Å². The second kappa shape index (κ2) is 8.13. The molecule has 0 amide bonds. The Morgan fingerprint density at radius 2 is 1.30 bits per heavy atom. The number of hydrogen-bond acceptors (Lipinski definition) is 1. The predicted molar refractivity (Wildman–Crippen MR) is 110 cm³/mol. The third kappa shape index (κ3) is 3.26. The first-order chi connectivity index (χ1) is 14.5. The van der Waals surface area contributed by atoms with Crippen molar-refractivity contribution in [3.05, 3.63) is 76.9 Å². The normalized spacial score (nSPS) is 17.4. The molecule has 0 spiro atoms. The number of fused-ring (bicyclic) bond motifs is 3. The minimum absolute atomic E-state index is 0.140. The summed E-state index contributed by atoms with van der Waals surface area (Å²) >= 11 is 0. The summed E-state index contributed by atoms with van der Waals surface area (Å²) in [5, 5.41) is 0. The predicted octanol–water partition coefficient (Wildman–Crippen LogP) is 7.68. The third-order valence-electron chi connectivity index (χ3n) is 5.53. The number of rotatable bonds is 5. The van der Waals surface area contributed by atoms with Crippen LogP contribution in [0.5, 0.6) is 5.75 Å². The Morgan fingerprint density at radius 1 is 0.733 bits per heavy atom. The molecule has 1 aliphatic rings. The van der Waals surface area contributed by atoms with Crippen LogP contribution in [0.3, 0.4) is 0 Å². The molecule has 30 heavy (non-hydrogen) atoms. The zero-order valence-electron chi connectivity index (χ0n) is 16.8. The molecule has 3 aromatic rings. The average Bonchev–Trinajstić information content (AvgIpc) is 2.74. The van der Waals surface area contributed by atoms with E-state index in [0.717, 1.165) is 18.4 Å². The van der Waals surface area contributed by atoms with Crippen LogP contribution < -0.4 is 4.74 Å². The summed E-state index contributed by atoms with van der Waals surface area (Å²) in [7, 11) is 0. The second-order valence-electron chi connectivity index (χ2n) is 7.41. The fourth-order valence-corrected chi connectivity index (χ4v) is 4.10. The van der Waals surface area contributed by atoms with Crippen LogP contribution in [0, 0.1) is 11.6 Å². The van der Waals surface area contributed by atoms with Crippen LogP contribution in [0.1, 0.15) is 49.3 Å². The summed E-state index contributed by atoms with van der Waals surface area (Å²) in [5.41, 5.74) is 1.43. The van der Waals surface area contributed by atoms with Crippen LogP contribution in [-0.2, 0) is 6.42 Å². The van der Waals surface area contributed by atoms with Gasteiger partial charge in [-0.15, -0.1) is 0 Å². The Bertz CT molecular complexity index is 1080. The highest BCUT2D eigenvalue weighted by atomic mass is 19.2. The third-order valence-corrected chi connectivity index (χ3v) is 5.53. The van der Waals surface area contributed by atoms with E-state index in [2.05, 4.69) is 6.92 Å². The summed E-state index contributed by atoms with van der Waals surface area (Å²) in [5.74, 6) is -1.89. The Labute approximate surface area is 173 Å². The largest absolute Gasteiger partial charge is 0.491 e. The van der Waals surface area contributed by atoms with Crippen molar-refractivity contribution in [2.24, 2.45) is 0 Å². The van der Waals surface area contributed by atoms with Crippen molar-refractivity contribution in [1.29, 1.82) is 0 Å². The van der Waals surface area contributed by atoms with Crippen molar-refractivity contribution in [2.75, 3.05) is 6.61 Å². The van der Waals surface area contributed by atoms with Crippen LogP contribution >= 0.6 is 0 Å². The first kappa shape index (κ1) is 20.5. The summed E-state index contributed by atoms with van der Waals surface area (Å²) < 4.78 is 65.3.